The lowest BCUT2D eigenvalue weighted by molar-refractivity contribution is 0.481. The smallest absolute Gasteiger partial charge is 0.360 e. The fraction of sp³-hybridized carbons (Fsp3) is 0. The standard InChI is InChI=1S/C15H11NO4S/c17-21(18,20-13-9-5-2-6-10-13)14-11-19-15(16-14)12-7-3-1-4-8-12/h1-11H. The Bertz CT molecular complexity index is 826. The molecule has 3 rings (SSSR count). The van der Waals surface area contributed by atoms with Gasteiger partial charge in [0.1, 0.15) is 12.0 Å². The average Bonchev–Trinajstić information content (AvgIpc) is 2.99. The minimum Gasteiger partial charge on any atom is -0.443 e. The van der Waals surface area contributed by atoms with E-state index in [9.17, 15) is 8.42 Å². The minimum absolute atomic E-state index is 0.224. The lowest BCUT2D eigenvalue weighted by Gasteiger charge is -2.02. The molecule has 0 amide bonds. The Kier molecular flexibility index (Phi) is 3.45. The van der Waals surface area contributed by atoms with Crippen molar-refractivity contribution in [3.05, 3.63) is 66.9 Å². The summed E-state index contributed by atoms with van der Waals surface area (Å²) in [5.41, 5.74) is 0.693. The van der Waals surface area contributed by atoms with Crippen LogP contribution in [0.25, 0.3) is 11.5 Å². The fourth-order valence-corrected chi connectivity index (χ4v) is 2.54. The second-order valence-corrected chi connectivity index (χ2v) is 5.70. The molecule has 0 aliphatic rings. The molecule has 0 N–H and O–H groups in total. The van der Waals surface area contributed by atoms with Crippen molar-refractivity contribution in [2.24, 2.45) is 0 Å². The molecule has 3 aromatic rings. The predicted molar refractivity (Wildman–Crippen MR) is 76.2 cm³/mol. The molecular weight excluding hydrogens is 290 g/mol. The van der Waals surface area contributed by atoms with Gasteiger partial charge in [0.15, 0.2) is 0 Å². The van der Waals surface area contributed by atoms with Gasteiger partial charge < -0.3 is 8.60 Å². The van der Waals surface area contributed by atoms with Crippen LogP contribution in [0.5, 0.6) is 5.75 Å². The molecule has 2 aromatic carbocycles. The van der Waals surface area contributed by atoms with E-state index in [1.54, 1.807) is 42.5 Å². The highest BCUT2D eigenvalue weighted by molar-refractivity contribution is 7.87. The van der Waals surface area contributed by atoms with Crippen molar-refractivity contribution in [1.29, 1.82) is 0 Å². The summed E-state index contributed by atoms with van der Waals surface area (Å²) in [6, 6.07) is 17.3. The molecule has 21 heavy (non-hydrogen) atoms. The van der Waals surface area contributed by atoms with Gasteiger partial charge in [0, 0.05) is 5.56 Å². The first-order valence-corrected chi connectivity index (χ1v) is 7.56. The molecule has 0 radical (unpaired) electrons. The Labute approximate surface area is 122 Å². The minimum atomic E-state index is -4.01. The Balaban J connectivity index is 1.89. The van der Waals surface area contributed by atoms with Gasteiger partial charge in [-0.1, -0.05) is 36.4 Å². The molecule has 0 aliphatic heterocycles. The topological polar surface area (TPSA) is 69.4 Å². The van der Waals surface area contributed by atoms with Crippen molar-refractivity contribution in [2.75, 3.05) is 0 Å². The number of para-hydroxylation sites is 1. The average molecular weight is 301 g/mol. The molecule has 0 saturated carbocycles. The first kappa shape index (κ1) is 13.4. The zero-order chi connectivity index (χ0) is 14.7. The van der Waals surface area contributed by atoms with E-state index in [1.807, 2.05) is 18.2 Å². The number of benzene rings is 2. The normalized spacial score (nSPS) is 11.2. The summed E-state index contributed by atoms with van der Waals surface area (Å²) in [4.78, 5) is 3.97. The summed E-state index contributed by atoms with van der Waals surface area (Å²) in [6.45, 7) is 0. The summed E-state index contributed by atoms with van der Waals surface area (Å²) in [5.74, 6) is 0.451. The number of hydrogen-bond donors (Lipinski definition) is 0. The van der Waals surface area contributed by atoms with Crippen molar-refractivity contribution in [3.63, 3.8) is 0 Å². The van der Waals surface area contributed by atoms with Crippen molar-refractivity contribution in [2.45, 2.75) is 5.03 Å². The SMILES string of the molecule is O=S(=O)(Oc1ccccc1)c1coc(-c2ccccc2)n1. The third-order valence-electron chi connectivity index (χ3n) is 2.71. The number of rotatable bonds is 4. The molecule has 5 nitrogen and oxygen atoms in total. The third kappa shape index (κ3) is 2.95. The first-order chi connectivity index (χ1) is 10.1. The van der Waals surface area contributed by atoms with E-state index in [-0.39, 0.29) is 16.7 Å². The third-order valence-corrected chi connectivity index (χ3v) is 3.82. The van der Waals surface area contributed by atoms with Crippen LogP contribution in [-0.4, -0.2) is 13.4 Å². The number of aromatic nitrogens is 1. The van der Waals surface area contributed by atoms with Gasteiger partial charge in [-0.25, -0.2) is 0 Å². The Hall–Kier alpha value is -2.60. The fourth-order valence-electron chi connectivity index (χ4n) is 1.73. The van der Waals surface area contributed by atoms with Crippen LogP contribution in [0.1, 0.15) is 0 Å². The molecule has 0 saturated heterocycles. The van der Waals surface area contributed by atoms with Crippen LogP contribution < -0.4 is 4.18 Å². The highest BCUT2D eigenvalue weighted by Crippen LogP contribution is 2.22. The maximum absolute atomic E-state index is 12.1. The van der Waals surface area contributed by atoms with Gasteiger partial charge in [-0.3, -0.25) is 0 Å². The second kappa shape index (κ2) is 5.41. The number of hydrogen-bond acceptors (Lipinski definition) is 5. The summed E-state index contributed by atoms with van der Waals surface area (Å²) in [6.07, 6.45) is 1.07. The molecule has 106 valence electrons. The van der Waals surface area contributed by atoms with Crippen molar-refractivity contribution >= 4 is 10.1 Å². The largest absolute Gasteiger partial charge is 0.443 e. The molecule has 0 unspecified atom stereocenters. The van der Waals surface area contributed by atoms with Crippen molar-refractivity contribution in [3.8, 4) is 17.2 Å². The van der Waals surface area contributed by atoms with E-state index >= 15 is 0 Å². The molecule has 0 spiro atoms. The van der Waals surface area contributed by atoms with Crippen LogP contribution in [-0.2, 0) is 10.1 Å². The quantitative estimate of drug-likeness (QED) is 0.692. The van der Waals surface area contributed by atoms with E-state index in [4.69, 9.17) is 8.60 Å². The van der Waals surface area contributed by atoms with Crippen LogP contribution in [0.15, 0.2) is 76.4 Å². The van der Waals surface area contributed by atoms with Crippen LogP contribution in [0.4, 0.5) is 0 Å². The molecule has 0 aliphatic carbocycles. The zero-order valence-electron chi connectivity index (χ0n) is 10.8. The monoisotopic (exact) mass is 301 g/mol. The second-order valence-electron chi connectivity index (χ2n) is 4.21. The van der Waals surface area contributed by atoms with E-state index in [0.29, 0.717) is 5.56 Å². The molecule has 0 fully saturated rings. The highest BCUT2D eigenvalue weighted by Gasteiger charge is 2.22. The van der Waals surface area contributed by atoms with Crippen LogP contribution in [0, 0.1) is 0 Å². The first-order valence-electron chi connectivity index (χ1n) is 6.16. The summed E-state index contributed by atoms with van der Waals surface area (Å²) < 4.78 is 34.4. The van der Waals surface area contributed by atoms with Crippen LogP contribution >= 0.6 is 0 Å². The molecule has 1 heterocycles. The Morgan fingerprint density at radius 2 is 1.52 bits per heavy atom. The van der Waals surface area contributed by atoms with E-state index in [2.05, 4.69) is 4.98 Å². The van der Waals surface area contributed by atoms with Gasteiger partial charge in [0.2, 0.25) is 10.9 Å². The number of nitrogens with zero attached hydrogens (tertiary/aromatic N) is 1. The summed E-state index contributed by atoms with van der Waals surface area (Å²) >= 11 is 0. The molecule has 0 bridgehead atoms. The summed E-state index contributed by atoms with van der Waals surface area (Å²) in [7, 11) is -4.01. The maximum atomic E-state index is 12.1. The lowest BCUT2D eigenvalue weighted by atomic mass is 10.2. The van der Waals surface area contributed by atoms with Gasteiger partial charge >= 0.3 is 10.1 Å². The van der Waals surface area contributed by atoms with Gasteiger partial charge in [0.05, 0.1) is 0 Å². The van der Waals surface area contributed by atoms with E-state index in [0.717, 1.165) is 6.26 Å². The van der Waals surface area contributed by atoms with Crippen LogP contribution in [0.2, 0.25) is 0 Å². The highest BCUT2D eigenvalue weighted by atomic mass is 32.2. The molecular formula is C15H11NO4S. The Morgan fingerprint density at radius 3 is 2.19 bits per heavy atom. The van der Waals surface area contributed by atoms with Gasteiger partial charge in [-0.15, -0.1) is 0 Å². The molecule has 6 heteroatoms. The number of oxazole rings is 1. The predicted octanol–water partition coefficient (Wildman–Crippen LogP) is 3.11. The molecule has 0 atom stereocenters. The lowest BCUT2D eigenvalue weighted by Crippen LogP contribution is -2.10. The van der Waals surface area contributed by atoms with E-state index in [1.165, 1.54) is 0 Å². The van der Waals surface area contributed by atoms with Crippen molar-refractivity contribution in [1.82, 2.24) is 4.98 Å². The van der Waals surface area contributed by atoms with Gasteiger partial charge in [0.25, 0.3) is 0 Å². The van der Waals surface area contributed by atoms with Crippen molar-refractivity contribution < 1.29 is 17.0 Å². The van der Waals surface area contributed by atoms with Gasteiger partial charge in [-0.2, -0.15) is 13.4 Å². The molecule has 1 aromatic heterocycles. The van der Waals surface area contributed by atoms with E-state index < -0.39 is 10.1 Å². The maximum Gasteiger partial charge on any atom is 0.360 e. The van der Waals surface area contributed by atoms with Crippen LogP contribution in [0.3, 0.4) is 0 Å². The van der Waals surface area contributed by atoms with Gasteiger partial charge in [-0.05, 0) is 24.3 Å². The zero-order valence-corrected chi connectivity index (χ0v) is 11.7. The summed E-state index contributed by atoms with van der Waals surface area (Å²) in [5, 5.41) is -0.259. The Morgan fingerprint density at radius 1 is 0.905 bits per heavy atom.